The van der Waals surface area contributed by atoms with Crippen molar-refractivity contribution < 1.29 is 14.3 Å². The van der Waals surface area contributed by atoms with Gasteiger partial charge in [-0.3, -0.25) is 4.79 Å². The summed E-state index contributed by atoms with van der Waals surface area (Å²) in [7, 11) is 1.60. The Morgan fingerprint density at radius 3 is 2.32 bits per heavy atom. The Morgan fingerprint density at radius 1 is 1.08 bits per heavy atom. The van der Waals surface area contributed by atoms with Crippen LogP contribution in [0.4, 0.5) is 0 Å². The first-order chi connectivity index (χ1) is 12.0. The van der Waals surface area contributed by atoms with Crippen molar-refractivity contribution in [1.82, 2.24) is 0 Å². The normalized spacial score (nSPS) is 14.6. The molecule has 1 aliphatic rings. The van der Waals surface area contributed by atoms with E-state index in [1.807, 2.05) is 13.0 Å². The van der Waals surface area contributed by atoms with Crippen LogP contribution < -0.4 is 9.47 Å². The summed E-state index contributed by atoms with van der Waals surface area (Å²) in [6, 6.07) is 8.61. The van der Waals surface area contributed by atoms with E-state index in [2.05, 4.69) is 0 Å². The van der Waals surface area contributed by atoms with Crippen molar-refractivity contribution in [2.75, 3.05) is 7.11 Å². The molecule has 25 heavy (non-hydrogen) atoms. The van der Waals surface area contributed by atoms with Gasteiger partial charge < -0.3 is 9.47 Å². The summed E-state index contributed by atoms with van der Waals surface area (Å²) in [4.78, 5) is 13.0. The molecule has 0 N–H and O–H groups in total. The summed E-state index contributed by atoms with van der Waals surface area (Å²) in [6.07, 6.45) is 4.55. The molecule has 2 aromatic rings. The van der Waals surface area contributed by atoms with Crippen LogP contribution in [-0.2, 0) is 0 Å². The number of carbonyl (C=O) groups excluding carboxylic acids is 1. The van der Waals surface area contributed by atoms with Crippen molar-refractivity contribution in [1.29, 1.82) is 0 Å². The Bertz CT molecular complexity index is 776. The van der Waals surface area contributed by atoms with E-state index in [4.69, 9.17) is 32.7 Å². The molecule has 1 fully saturated rings. The number of rotatable bonds is 5. The van der Waals surface area contributed by atoms with E-state index < -0.39 is 0 Å². The van der Waals surface area contributed by atoms with E-state index in [1.165, 1.54) is 12.8 Å². The summed E-state index contributed by atoms with van der Waals surface area (Å²) < 4.78 is 11.5. The molecule has 2 aromatic carbocycles. The minimum Gasteiger partial charge on any atom is -0.493 e. The number of aryl methyl sites for hydroxylation is 1. The monoisotopic (exact) mass is 378 g/mol. The van der Waals surface area contributed by atoms with Gasteiger partial charge in [0.1, 0.15) is 0 Å². The van der Waals surface area contributed by atoms with Crippen LogP contribution in [0.1, 0.15) is 47.2 Å². The molecular weight excluding hydrogens is 359 g/mol. The predicted octanol–water partition coefficient (Wildman–Crippen LogP) is 5.86. The molecule has 3 rings (SSSR count). The predicted molar refractivity (Wildman–Crippen MR) is 101 cm³/mol. The smallest absolute Gasteiger partial charge is 0.196 e. The first kappa shape index (κ1) is 18.1. The van der Waals surface area contributed by atoms with Gasteiger partial charge in [-0.2, -0.15) is 0 Å². The number of ketones is 1. The molecule has 0 saturated heterocycles. The fourth-order valence-corrected chi connectivity index (χ4v) is 3.76. The van der Waals surface area contributed by atoms with Crippen LogP contribution in [0.5, 0.6) is 11.5 Å². The van der Waals surface area contributed by atoms with E-state index in [9.17, 15) is 4.79 Å². The van der Waals surface area contributed by atoms with Crippen LogP contribution in [0.25, 0.3) is 0 Å². The van der Waals surface area contributed by atoms with Gasteiger partial charge in [0.25, 0.3) is 0 Å². The first-order valence-corrected chi connectivity index (χ1v) is 9.11. The summed E-state index contributed by atoms with van der Waals surface area (Å²) in [5.74, 6) is 1.00. The number of benzene rings is 2. The number of hydrogen-bond acceptors (Lipinski definition) is 3. The molecule has 5 heteroatoms. The van der Waals surface area contributed by atoms with E-state index in [-0.39, 0.29) is 11.9 Å². The average Bonchev–Trinajstić information content (AvgIpc) is 3.08. The maximum absolute atomic E-state index is 13.0. The zero-order chi connectivity index (χ0) is 18.0. The maximum Gasteiger partial charge on any atom is 0.196 e. The molecule has 0 bridgehead atoms. The van der Waals surface area contributed by atoms with E-state index in [0.29, 0.717) is 32.7 Å². The van der Waals surface area contributed by atoms with Crippen LogP contribution in [0.15, 0.2) is 30.3 Å². The Balaban J connectivity index is 2.01. The van der Waals surface area contributed by atoms with Gasteiger partial charge in [0, 0.05) is 5.56 Å². The third kappa shape index (κ3) is 3.78. The van der Waals surface area contributed by atoms with Crippen molar-refractivity contribution in [2.45, 2.75) is 38.7 Å². The summed E-state index contributed by atoms with van der Waals surface area (Å²) in [5.41, 5.74) is 1.62. The SMILES string of the molecule is COc1cc(C)c(C(=O)c2c(Cl)cccc2Cl)cc1OC1CCCC1. The molecule has 0 spiro atoms. The second kappa shape index (κ2) is 7.67. The molecule has 0 aromatic heterocycles. The van der Waals surface area contributed by atoms with Gasteiger partial charge in [-0.25, -0.2) is 0 Å². The summed E-state index contributed by atoms with van der Waals surface area (Å²) >= 11 is 12.4. The van der Waals surface area contributed by atoms with Gasteiger partial charge in [-0.1, -0.05) is 29.3 Å². The number of methoxy groups -OCH3 is 1. The van der Waals surface area contributed by atoms with Crippen molar-refractivity contribution in [3.8, 4) is 11.5 Å². The topological polar surface area (TPSA) is 35.5 Å². The number of ether oxygens (including phenoxy) is 2. The average molecular weight is 379 g/mol. The molecule has 0 amide bonds. The van der Waals surface area contributed by atoms with Gasteiger partial charge in [-0.15, -0.1) is 0 Å². The van der Waals surface area contributed by atoms with Crippen LogP contribution >= 0.6 is 23.2 Å². The highest BCUT2D eigenvalue weighted by molar-refractivity contribution is 6.41. The number of hydrogen-bond donors (Lipinski definition) is 0. The lowest BCUT2D eigenvalue weighted by atomic mass is 9.98. The molecule has 132 valence electrons. The van der Waals surface area contributed by atoms with Gasteiger partial charge in [0.15, 0.2) is 17.3 Å². The maximum atomic E-state index is 13.0. The molecule has 0 atom stereocenters. The second-order valence-electron chi connectivity index (χ2n) is 6.27. The second-order valence-corrected chi connectivity index (χ2v) is 7.08. The van der Waals surface area contributed by atoms with Crippen LogP contribution in [0.3, 0.4) is 0 Å². The van der Waals surface area contributed by atoms with Crippen LogP contribution in [0.2, 0.25) is 10.0 Å². The molecule has 1 aliphatic carbocycles. The largest absolute Gasteiger partial charge is 0.493 e. The summed E-state index contributed by atoms with van der Waals surface area (Å²) in [6.45, 7) is 1.86. The Hall–Kier alpha value is -1.71. The highest BCUT2D eigenvalue weighted by Crippen LogP contribution is 2.36. The van der Waals surface area contributed by atoms with Gasteiger partial charge in [0.05, 0.1) is 28.8 Å². The third-order valence-electron chi connectivity index (χ3n) is 4.54. The summed E-state index contributed by atoms with van der Waals surface area (Å²) in [5, 5.41) is 0.678. The fourth-order valence-electron chi connectivity index (χ4n) is 3.19. The molecule has 1 saturated carbocycles. The molecule has 0 unspecified atom stereocenters. The Kier molecular flexibility index (Phi) is 5.55. The zero-order valence-electron chi connectivity index (χ0n) is 14.3. The quantitative estimate of drug-likeness (QED) is 0.610. The molecular formula is C20H20Cl2O3. The highest BCUT2D eigenvalue weighted by Gasteiger charge is 2.23. The lowest BCUT2D eigenvalue weighted by molar-refractivity contribution is 0.103. The minimum absolute atomic E-state index is 0.170. The zero-order valence-corrected chi connectivity index (χ0v) is 15.8. The Morgan fingerprint density at radius 2 is 1.72 bits per heavy atom. The molecule has 0 radical (unpaired) electrons. The Labute approximate surface area is 157 Å². The van der Waals surface area contributed by atoms with Gasteiger partial charge >= 0.3 is 0 Å². The molecule has 3 nitrogen and oxygen atoms in total. The standard InChI is InChI=1S/C20H20Cl2O3/c1-12-10-17(24-2)18(25-13-6-3-4-7-13)11-14(12)20(23)19-15(21)8-5-9-16(19)22/h5,8-11,13H,3-4,6-7H2,1-2H3. The van der Waals surface area contributed by atoms with Crippen molar-refractivity contribution in [3.05, 3.63) is 57.1 Å². The third-order valence-corrected chi connectivity index (χ3v) is 5.17. The lowest BCUT2D eigenvalue weighted by Crippen LogP contribution is -2.13. The van der Waals surface area contributed by atoms with E-state index in [1.54, 1.807) is 31.4 Å². The highest BCUT2D eigenvalue weighted by atomic mass is 35.5. The van der Waals surface area contributed by atoms with Crippen molar-refractivity contribution in [2.24, 2.45) is 0 Å². The van der Waals surface area contributed by atoms with Gasteiger partial charge in [0.2, 0.25) is 0 Å². The molecule has 0 heterocycles. The lowest BCUT2D eigenvalue weighted by Gasteiger charge is -2.18. The van der Waals surface area contributed by atoms with Crippen LogP contribution in [0, 0.1) is 6.92 Å². The fraction of sp³-hybridized carbons (Fsp3) is 0.350. The van der Waals surface area contributed by atoms with Crippen molar-refractivity contribution >= 4 is 29.0 Å². The number of halogens is 2. The van der Waals surface area contributed by atoms with E-state index >= 15 is 0 Å². The van der Waals surface area contributed by atoms with Crippen LogP contribution in [-0.4, -0.2) is 19.0 Å². The molecule has 0 aliphatic heterocycles. The van der Waals surface area contributed by atoms with Crippen molar-refractivity contribution in [3.63, 3.8) is 0 Å². The minimum atomic E-state index is -0.216. The number of carbonyl (C=O) groups is 1. The van der Waals surface area contributed by atoms with E-state index in [0.717, 1.165) is 18.4 Å². The first-order valence-electron chi connectivity index (χ1n) is 8.35. The van der Waals surface area contributed by atoms with Gasteiger partial charge in [-0.05, 0) is 62.4 Å².